The first-order chi connectivity index (χ1) is 8.02. The Balaban J connectivity index is 2.74. The van der Waals surface area contributed by atoms with E-state index in [0.29, 0.717) is 0 Å². The molecule has 0 bridgehead atoms. The minimum Gasteiger partial charge on any atom is -0.228 e. The summed E-state index contributed by atoms with van der Waals surface area (Å²) in [4.78, 5) is 3.37. The van der Waals surface area contributed by atoms with Crippen molar-refractivity contribution < 1.29 is 8.78 Å². The average molecular weight is 295 g/mol. The van der Waals surface area contributed by atoms with Crippen molar-refractivity contribution in [3.8, 4) is 11.1 Å². The normalized spacial score (nSPS) is 10.6. The highest BCUT2D eigenvalue weighted by Gasteiger charge is 2.17. The van der Waals surface area contributed by atoms with Gasteiger partial charge in [0.05, 0.1) is 20.6 Å². The van der Waals surface area contributed by atoms with Gasteiger partial charge in [0.1, 0.15) is 5.82 Å². The molecule has 0 spiro atoms. The van der Waals surface area contributed by atoms with E-state index in [1.54, 1.807) is 0 Å². The van der Waals surface area contributed by atoms with Gasteiger partial charge in [-0.2, -0.15) is 4.39 Å². The maximum absolute atomic E-state index is 13.5. The Labute approximate surface area is 111 Å². The minimum absolute atomic E-state index is 0.00929. The van der Waals surface area contributed by atoms with E-state index in [2.05, 4.69) is 4.98 Å². The van der Waals surface area contributed by atoms with Crippen LogP contribution in [0.3, 0.4) is 0 Å². The molecule has 0 saturated heterocycles. The van der Waals surface area contributed by atoms with Gasteiger partial charge in [-0.1, -0.05) is 40.9 Å². The lowest BCUT2D eigenvalue weighted by Gasteiger charge is -2.08. The molecule has 0 radical (unpaired) electrons. The van der Waals surface area contributed by atoms with Crippen molar-refractivity contribution >= 4 is 34.8 Å². The molecule has 0 atom stereocenters. The Morgan fingerprint density at radius 2 is 1.65 bits per heavy atom. The third kappa shape index (κ3) is 2.23. The van der Waals surface area contributed by atoms with Crippen molar-refractivity contribution in [1.82, 2.24) is 4.98 Å². The largest absolute Gasteiger partial charge is 0.228 e. The van der Waals surface area contributed by atoms with Crippen LogP contribution in [0.1, 0.15) is 0 Å². The van der Waals surface area contributed by atoms with Crippen LogP contribution in [0.15, 0.2) is 24.4 Å². The maximum atomic E-state index is 13.5. The second kappa shape index (κ2) is 4.77. The number of nitrogens with zero attached hydrogens (tertiary/aromatic N) is 1. The van der Waals surface area contributed by atoms with Crippen molar-refractivity contribution in [2.24, 2.45) is 0 Å². The molecule has 17 heavy (non-hydrogen) atoms. The lowest BCUT2D eigenvalue weighted by Crippen LogP contribution is -1.94. The smallest absolute Gasteiger partial charge is 0.223 e. The highest BCUT2D eigenvalue weighted by atomic mass is 35.5. The zero-order valence-electron chi connectivity index (χ0n) is 8.15. The number of aromatic nitrogens is 1. The van der Waals surface area contributed by atoms with E-state index in [9.17, 15) is 8.78 Å². The van der Waals surface area contributed by atoms with E-state index in [0.717, 1.165) is 12.3 Å². The van der Waals surface area contributed by atoms with Crippen LogP contribution in [0.5, 0.6) is 0 Å². The monoisotopic (exact) mass is 293 g/mol. The first kappa shape index (κ1) is 12.6. The summed E-state index contributed by atoms with van der Waals surface area (Å²) < 4.78 is 27.0. The van der Waals surface area contributed by atoms with Gasteiger partial charge in [-0.25, -0.2) is 9.37 Å². The van der Waals surface area contributed by atoms with Crippen molar-refractivity contribution in [2.75, 3.05) is 0 Å². The van der Waals surface area contributed by atoms with E-state index in [1.807, 2.05) is 0 Å². The lowest BCUT2D eigenvalue weighted by atomic mass is 10.1. The van der Waals surface area contributed by atoms with Crippen molar-refractivity contribution in [3.05, 3.63) is 51.2 Å². The average Bonchev–Trinajstić information content (AvgIpc) is 2.29. The number of hydrogen-bond acceptors (Lipinski definition) is 1. The molecule has 1 nitrogen and oxygen atoms in total. The Morgan fingerprint density at radius 1 is 0.941 bits per heavy atom. The summed E-state index contributed by atoms with van der Waals surface area (Å²) in [5.41, 5.74) is -0.208. The number of benzene rings is 1. The number of hydrogen-bond donors (Lipinski definition) is 0. The van der Waals surface area contributed by atoms with Gasteiger partial charge in [0.2, 0.25) is 5.95 Å². The summed E-state index contributed by atoms with van der Waals surface area (Å²) in [6.45, 7) is 0. The fraction of sp³-hybridized carbons (Fsp3) is 0. The first-order valence-electron chi connectivity index (χ1n) is 4.46. The van der Waals surface area contributed by atoms with Crippen molar-refractivity contribution in [3.63, 3.8) is 0 Å². The number of pyridine rings is 1. The summed E-state index contributed by atoms with van der Waals surface area (Å²) >= 11 is 17.4. The lowest BCUT2D eigenvalue weighted by molar-refractivity contribution is 0.558. The zero-order chi connectivity index (χ0) is 12.6. The van der Waals surface area contributed by atoms with E-state index in [4.69, 9.17) is 34.8 Å². The van der Waals surface area contributed by atoms with Gasteiger partial charge < -0.3 is 0 Å². The van der Waals surface area contributed by atoms with Crippen LogP contribution >= 0.6 is 34.8 Å². The molecular weight excluding hydrogens is 290 g/mol. The predicted octanol–water partition coefficient (Wildman–Crippen LogP) is 4.99. The molecule has 6 heteroatoms. The second-order valence-electron chi connectivity index (χ2n) is 3.18. The predicted molar refractivity (Wildman–Crippen MR) is 64.6 cm³/mol. The highest BCUT2D eigenvalue weighted by Crippen LogP contribution is 2.39. The van der Waals surface area contributed by atoms with E-state index in [1.165, 1.54) is 12.1 Å². The van der Waals surface area contributed by atoms with Gasteiger partial charge in [0.25, 0.3) is 0 Å². The molecule has 0 aliphatic heterocycles. The Kier molecular flexibility index (Phi) is 3.52. The van der Waals surface area contributed by atoms with Gasteiger partial charge in [0, 0.05) is 11.8 Å². The Morgan fingerprint density at radius 3 is 2.29 bits per heavy atom. The maximum Gasteiger partial charge on any atom is 0.223 e. The first-order valence-corrected chi connectivity index (χ1v) is 5.59. The molecule has 0 N–H and O–H groups in total. The molecule has 0 saturated carbocycles. The molecule has 0 unspecified atom stereocenters. The summed E-state index contributed by atoms with van der Waals surface area (Å²) in [6.07, 6.45) is 1.03. The molecule has 0 amide bonds. The summed E-state index contributed by atoms with van der Waals surface area (Å²) in [5.74, 6) is -1.72. The standard InChI is InChI=1S/C11H4Cl3F2N/c12-6-2-1-5(9(13)10(6)14)8-7(15)3-4-17-11(8)16/h1-4H. The van der Waals surface area contributed by atoms with Gasteiger partial charge in [0.15, 0.2) is 0 Å². The Bertz CT molecular complexity index is 567. The number of rotatable bonds is 1. The van der Waals surface area contributed by atoms with Crippen LogP contribution < -0.4 is 0 Å². The summed E-state index contributed by atoms with van der Waals surface area (Å²) in [7, 11) is 0. The fourth-order valence-corrected chi connectivity index (χ4v) is 2.00. The zero-order valence-corrected chi connectivity index (χ0v) is 10.4. The van der Waals surface area contributed by atoms with Crippen molar-refractivity contribution in [1.29, 1.82) is 0 Å². The number of halogens is 5. The SMILES string of the molecule is Fc1ccnc(F)c1-c1ccc(Cl)c(Cl)c1Cl. The van der Waals surface area contributed by atoms with Crippen LogP contribution in [0.2, 0.25) is 15.1 Å². The van der Waals surface area contributed by atoms with Crippen LogP contribution in [0.25, 0.3) is 11.1 Å². The second-order valence-corrected chi connectivity index (χ2v) is 4.34. The quantitative estimate of drug-likeness (QED) is 0.533. The van der Waals surface area contributed by atoms with Crippen LogP contribution in [0.4, 0.5) is 8.78 Å². The third-order valence-corrected chi connectivity index (χ3v) is 3.45. The van der Waals surface area contributed by atoms with Gasteiger partial charge in [-0.15, -0.1) is 0 Å². The molecule has 88 valence electrons. The fourth-order valence-electron chi connectivity index (χ4n) is 1.37. The third-order valence-electron chi connectivity index (χ3n) is 2.16. The molecule has 1 aromatic carbocycles. The minimum atomic E-state index is -0.953. The van der Waals surface area contributed by atoms with Crippen LogP contribution in [-0.2, 0) is 0 Å². The highest BCUT2D eigenvalue weighted by molar-refractivity contribution is 6.49. The molecule has 2 rings (SSSR count). The molecular formula is C11H4Cl3F2N. The van der Waals surface area contributed by atoms with Gasteiger partial charge >= 0.3 is 0 Å². The van der Waals surface area contributed by atoms with Crippen LogP contribution in [0, 0.1) is 11.8 Å². The van der Waals surface area contributed by atoms with E-state index < -0.39 is 11.8 Å². The topological polar surface area (TPSA) is 12.9 Å². The molecule has 0 aliphatic carbocycles. The Hall–Kier alpha value is -0.900. The van der Waals surface area contributed by atoms with Gasteiger partial charge in [-0.05, 0) is 12.1 Å². The van der Waals surface area contributed by atoms with Crippen molar-refractivity contribution in [2.45, 2.75) is 0 Å². The molecule has 1 aromatic heterocycles. The van der Waals surface area contributed by atoms with E-state index in [-0.39, 0.29) is 26.2 Å². The van der Waals surface area contributed by atoms with E-state index >= 15 is 0 Å². The molecule has 2 aromatic rings. The summed E-state index contributed by atoms with van der Waals surface area (Å²) in [5, 5.41) is 0.253. The van der Waals surface area contributed by atoms with Crippen LogP contribution in [-0.4, -0.2) is 4.98 Å². The van der Waals surface area contributed by atoms with Gasteiger partial charge in [-0.3, -0.25) is 0 Å². The molecule has 1 heterocycles. The molecule has 0 aliphatic rings. The summed E-state index contributed by atoms with van der Waals surface area (Å²) in [6, 6.07) is 3.84. The molecule has 0 fully saturated rings.